The summed E-state index contributed by atoms with van der Waals surface area (Å²) < 4.78 is 18.9. The lowest BCUT2D eigenvalue weighted by Crippen LogP contribution is -2.27. The smallest absolute Gasteiger partial charge is 0.124 e. The van der Waals surface area contributed by atoms with Gasteiger partial charge >= 0.3 is 0 Å². The third kappa shape index (κ3) is 4.63. The third-order valence-electron chi connectivity index (χ3n) is 2.72. The van der Waals surface area contributed by atoms with Crippen LogP contribution in [0.25, 0.3) is 0 Å². The Kier molecular flexibility index (Phi) is 5.56. The summed E-state index contributed by atoms with van der Waals surface area (Å²) in [6.45, 7) is 8.04. The van der Waals surface area contributed by atoms with Crippen LogP contribution in [0.5, 0.6) is 5.75 Å². The Bertz CT molecular complexity index is 380. The monoisotopic (exact) mass is 255 g/mol. The highest BCUT2D eigenvalue weighted by Gasteiger charge is 2.13. The molecule has 4 heteroatoms. The number of hydrogen-bond donors (Lipinski definition) is 2. The van der Waals surface area contributed by atoms with Crippen molar-refractivity contribution in [2.45, 2.75) is 52.5 Å². The zero-order valence-corrected chi connectivity index (χ0v) is 11.4. The van der Waals surface area contributed by atoms with E-state index >= 15 is 0 Å². The Morgan fingerprint density at radius 1 is 1.28 bits per heavy atom. The molecule has 0 radical (unpaired) electrons. The van der Waals surface area contributed by atoms with Crippen molar-refractivity contribution in [3.05, 3.63) is 29.6 Å². The number of aliphatic hydroxyl groups excluding tert-OH is 1. The van der Waals surface area contributed by atoms with Gasteiger partial charge in [-0.3, -0.25) is 0 Å². The highest BCUT2D eigenvalue weighted by molar-refractivity contribution is 5.34. The van der Waals surface area contributed by atoms with Gasteiger partial charge in [0.2, 0.25) is 0 Å². The molecule has 0 heterocycles. The van der Waals surface area contributed by atoms with Crippen LogP contribution in [-0.2, 0) is 6.54 Å². The van der Waals surface area contributed by atoms with E-state index in [1.165, 1.54) is 12.1 Å². The largest absolute Gasteiger partial charge is 0.488 e. The van der Waals surface area contributed by atoms with Crippen LogP contribution in [-0.4, -0.2) is 23.4 Å². The molecule has 2 N–H and O–H groups in total. The maximum absolute atomic E-state index is 13.2. The van der Waals surface area contributed by atoms with E-state index in [1.807, 2.05) is 13.8 Å². The van der Waals surface area contributed by atoms with E-state index in [4.69, 9.17) is 4.74 Å². The van der Waals surface area contributed by atoms with Crippen molar-refractivity contribution < 1.29 is 14.2 Å². The van der Waals surface area contributed by atoms with E-state index in [0.29, 0.717) is 18.3 Å². The molecule has 1 aromatic carbocycles. The van der Waals surface area contributed by atoms with Crippen molar-refractivity contribution in [1.82, 2.24) is 5.32 Å². The van der Waals surface area contributed by atoms with Gasteiger partial charge in [0.05, 0.1) is 6.10 Å². The quantitative estimate of drug-likeness (QED) is 0.820. The molecule has 0 aromatic heterocycles. The first-order chi connectivity index (χ1) is 8.40. The summed E-state index contributed by atoms with van der Waals surface area (Å²) in [4.78, 5) is 0. The molecule has 0 fully saturated rings. The van der Waals surface area contributed by atoms with Crippen molar-refractivity contribution >= 4 is 0 Å². The lowest BCUT2D eigenvalue weighted by molar-refractivity contribution is 0.0597. The molecule has 0 saturated carbocycles. The molecule has 0 aliphatic heterocycles. The van der Waals surface area contributed by atoms with E-state index in [9.17, 15) is 9.50 Å². The Hall–Kier alpha value is -1.13. The number of rotatable bonds is 6. The minimum atomic E-state index is -0.569. The highest BCUT2D eigenvalue weighted by Crippen LogP contribution is 2.21. The van der Waals surface area contributed by atoms with E-state index in [0.717, 1.165) is 5.56 Å². The maximum atomic E-state index is 13.2. The average molecular weight is 255 g/mol. The fraction of sp³-hybridized carbons (Fsp3) is 0.571. The van der Waals surface area contributed by atoms with Crippen LogP contribution in [0, 0.1) is 5.82 Å². The van der Waals surface area contributed by atoms with E-state index in [2.05, 4.69) is 5.32 Å². The van der Waals surface area contributed by atoms with Gasteiger partial charge in [0.25, 0.3) is 0 Å². The Labute approximate surface area is 108 Å². The molecule has 2 atom stereocenters. The summed E-state index contributed by atoms with van der Waals surface area (Å²) >= 11 is 0. The number of nitrogens with one attached hydrogen (secondary N) is 1. The molecule has 1 aromatic rings. The molecule has 0 saturated heterocycles. The predicted octanol–water partition coefficient (Wildman–Crippen LogP) is 2.47. The predicted molar refractivity (Wildman–Crippen MR) is 70.1 cm³/mol. The van der Waals surface area contributed by atoms with E-state index in [1.54, 1.807) is 19.9 Å². The first-order valence-electron chi connectivity index (χ1n) is 6.26. The van der Waals surface area contributed by atoms with Gasteiger partial charge in [0, 0.05) is 18.2 Å². The van der Waals surface area contributed by atoms with Crippen LogP contribution in [0.15, 0.2) is 18.2 Å². The second kappa shape index (κ2) is 6.71. The van der Waals surface area contributed by atoms with Crippen LogP contribution < -0.4 is 10.1 Å². The Balaban J connectivity index is 2.82. The summed E-state index contributed by atoms with van der Waals surface area (Å²) in [5, 5.41) is 12.7. The van der Waals surface area contributed by atoms with Crippen molar-refractivity contribution in [2.24, 2.45) is 0 Å². The summed E-state index contributed by atoms with van der Waals surface area (Å²) in [6, 6.07) is 4.74. The van der Waals surface area contributed by atoms with Gasteiger partial charge in [0.15, 0.2) is 0 Å². The lowest BCUT2D eigenvalue weighted by atomic mass is 10.1. The van der Waals surface area contributed by atoms with Gasteiger partial charge < -0.3 is 15.2 Å². The number of ether oxygens (including phenoxy) is 1. The molecule has 0 spiro atoms. The van der Waals surface area contributed by atoms with Gasteiger partial charge in [0.1, 0.15) is 17.7 Å². The summed E-state index contributed by atoms with van der Waals surface area (Å²) in [5.41, 5.74) is 0.760. The van der Waals surface area contributed by atoms with E-state index in [-0.39, 0.29) is 11.9 Å². The second-order valence-electron chi connectivity index (χ2n) is 4.85. The topological polar surface area (TPSA) is 41.5 Å². The molecule has 2 unspecified atom stereocenters. The molecule has 0 aliphatic rings. The van der Waals surface area contributed by atoms with Crippen LogP contribution in [0.3, 0.4) is 0 Å². The molecular formula is C14H22FNO2. The molecule has 3 nitrogen and oxygen atoms in total. The van der Waals surface area contributed by atoms with Gasteiger partial charge in [-0.1, -0.05) is 13.8 Å². The second-order valence-corrected chi connectivity index (χ2v) is 4.85. The summed E-state index contributed by atoms with van der Waals surface area (Å²) in [6.07, 6.45) is -0.894. The van der Waals surface area contributed by atoms with Gasteiger partial charge in [-0.2, -0.15) is 0 Å². The number of hydrogen-bond acceptors (Lipinski definition) is 3. The average Bonchev–Trinajstić information content (AvgIpc) is 2.29. The van der Waals surface area contributed by atoms with Crippen molar-refractivity contribution in [1.29, 1.82) is 0 Å². The molecule has 1 rings (SSSR count). The zero-order valence-electron chi connectivity index (χ0n) is 11.4. The molecule has 0 bridgehead atoms. The normalized spacial score (nSPS) is 14.6. The number of benzene rings is 1. The number of aliphatic hydroxyl groups is 1. The SMILES string of the molecule is CC(C)NCc1cc(F)ccc1OC(C)C(C)O. The third-order valence-corrected chi connectivity index (χ3v) is 2.72. The lowest BCUT2D eigenvalue weighted by Gasteiger charge is -2.20. The van der Waals surface area contributed by atoms with Gasteiger partial charge in [-0.15, -0.1) is 0 Å². The van der Waals surface area contributed by atoms with Crippen LogP contribution >= 0.6 is 0 Å². The molecule has 18 heavy (non-hydrogen) atoms. The summed E-state index contributed by atoms with van der Waals surface area (Å²) in [7, 11) is 0. The fourth-order valence-corrected chi connectivity index (χ4v) is 1.41. The maximum Gasteiger partial charge on any atom is 0.124 e. The first kappa shape index (κ1) is 14.9. The highest BCUT2D eigenvalue weighted by atomic mass is 19.1. The molecule has 0 amide bonds. The van der Waals surface area contributed by atoms with Gasteiger partial charge in [-0.25, -0.2) is 4.39 Å². The van der Waals surface area contributed by atoms with E-state index < -0.39 is 6.10 Å². The van der Waals surface area contributed by atoms with Crippen LogP contribution in [0.1, 0.15) is 33.3 Å². The molecular weight excluding hydrogens is 233 g/mol. The minimum absolute atomic E-state index is 0.285. The standard InChI is InChI=1S/C14H22FNO2/c1-9(2)16-8-12-7-13(15)5-6-14(12)18-11(4)10(3)17/h5-7,9-11,16-17H,8H2,1-4H3. The van der Waals surface area contributed by atoms with Crippen molar-refractivity contribution in [3.63, 3.8) is 0 Å². The van der Waals surface area contributed by atoms with Crippen LogP contribution in [0.2, 0.25) is 0 Å². The van der Waals surface area contributed by atoms with Crippen molar-refractivity contribution in [2.75, 3.05) is 0 Å². The Morgan fingerprint density at radius 2 is 1.94 bits per heavy atom. The van der Waals surface area contributed by atoms with Crippen LogP contribution in [0.4, 0.5) is 4.39 Å². The zero-order chi connectivity index (χ0) is 13.7. The Morgan fingerprint density at radius 3 is 2.50 bits per heavy atom. The van der Waals surface area contributed by atoms with Crippen molar-refractivity contribution in [3.8, 4) is 5.75 Å². The summed E-state index contributed by atoms with van der Waals surface area (Å²) in [5.74, 6) is 0.325. The number of halogens is 1. The fourth-order valence-electron chi connectivity index (χ4n) is 1.41. The molecule has 0 aliphatic carbocycles. The van der Waals surface area contributed by atoms with Gasteiger partial charge in [-0.05, 0) is 32.0 Å². The molecule has 102 valence electrons. The first-order valence-corrected chi connectivity index (χ1v) is 6.26. The minimum Gasteiger partial charge on any atom is -0.488 e.